The van der Waals surface area contributed by atoms with Gasteiger partial charge in [-0.2, -0.15) is 0 Å². The summed E-state index contributed by atoms with van der Waals surface area (Å²) in [5.41, 5.74) is 6.42. The van der Waals surface area contributed by atoms with Gasteiger partial charge in [-0.1, -0.05) is 239 Å². The van der Waals surface area contributed by atoms with Crippen LogP contribution in [0, 0.1) is 0 Å². The van der Waals surface area contributed by atoms with E-state index in [-0.39, 0.29) is 151 Å². The number of anilines is 10. The van der Waals surface area contributed by atoms with Crippen LogP contribution in [0.15, 0.2) is 213 Å². The minimum Gasteiger partial charge on any atom is -0.471 e. The van der Waals surface area contributed by atoms with Crippen molar-refractivity contribution < 1.29 is 102 Å². The quantitative estimate of drug-likeness (QED) is 0.0389. The third kappa shape index (κ3) is 27.3. The van der Waals surface area contributed by atoms with Crippen LogP contribution in [-0.4, -0.2) is 200 Å². The summed E-state index contributed by atoms with van der Waals surface area (Å²) in [6.07, 6.45) is 21.4. The fraction of sp³-hybridized carbons (Fsp3) is 0.408. The summed E-state index contributed by atoms with van der Waals surface area (Å²) < 4.78 is 37.5. The topological polar surface area (TPSA) is 184 Å². The number of rotatable bonds is 25. The fourth-order valence-electron chi connectivity index (χ4n) is 16.5. The van der Waals surface area contributed by atoms with Crippen molar-refractivity contribution in [3.05, 3.63) is 213 Å². The minimum atomic E-state index is -0.0747. The van der Waals surface area contributed by atoms with E-state index in [1.54, 1.807) is 31.0 Å². The second-order valence-electron chi connectivity index (χ2n) is 30.7. The predicted molar refractivity (Wildman–Crippen MR) is 509 cm³/mol. The van der Waals surface area contributed by atoms with Crippen LogP contribution in [0.2, 0.25) is 68.2 Å². The summed E-state index contributed by atoms with van der Waals surface area (Å²) in [5, 5.41) is 41.6. The summed E-state index contributed by atoms with van der Waals surface area (Å²) in [7, 11) is -0.335. The van der Waals surface area contributed by atoms with E-state index in [1.165, 1.54) is 86.2 Å². The predicted octanol–water partition coefficient (Wildman–Crippen LogP) is 10.2. The van der Waals surface area contributed by atoms with Gasteiger partial charge in [0.1, 0.15) is 49.2 Å². The Bertz CT molecular complexity index is 4300. The van der Waals surface area contributed by atoms with E-state index in [9.17, 15) is 0 Å². The second-order valence-corrected chi connectivity index (χ2v) is 37.4. The molecular weight excluding hydrogens is 2040 g/mol. The van der Waals surface area contributed by atoms with Crippen LogP contribution >= 0.6 is 0 Å². The van der Waals surface area contributed by atoms with E-state index in [0.29, 0.717) is 75.9 Å². The first kappa shape index (κ1) is 105. The van der Waals surface area contributed by atoms with Crippen molar-refractivity contribution in [3.63, 3.8) is 0 Å². The van der Waals surface area contributed by atoms with E-state index < -0.39 is 0 Å². The van der Waals surface area contributed by atoms with Crippen LogP contribution in [-0.2, 0) is 102 Å². The minimum absolute atomic E-state index is 0. The van der Waals surface area contributed by atoms with Gasteiger partial charge in [0.2, 0.25) is 34.9 Å². The van der Waals surface area contributed by atoms with E-state index in [0.717, 1.165) is 61.7 Å². The molecule has 15 rings (SSSR count). The number of benzene rings is 5. The molecule has 0 amide bonds. The smallest absolute Gasteiger partial charge is 0.319 e. The molecule has 0 atom stereocenters. The Morgan fingerprint density at radius 1 is 0.248 bits per heavy atom. The summed E-state index contributed by atoms with van der Waals surface area (Å²) in [5.74, 6) is 4.93. The van der Waals surface area contributed by atoms with Crippen molar-refractivity contribution in [3.8, 4) is 0 Å². The van der Waals surface area contributed by atoms with Gasteiger partial charge in [-0.05, 0) is 178 Å². The van der Waals surface area contributed by atoms with Gasteiger partial charge in [0, 0.05) is 162 Å². The van der Waals surface area contributed by atoms with Gasteiger partial charge < -0.3 is 93.9 Å². The number of nitrogens with zero attached hydrogens (tertiary/aromatic N) is 25. The normalized spacial score (nSPS) is 15.6. The SMILES string of the molecule is CB1N(c2ccccc2)[SiH]N(c2ccn[n-]2)B(C)N1C(C)C.CCCCCCN1B(C)N(c2ccccc2)[SiH]N(c2ccn[n-]2)B1C.CCCCCN1B(C)N(c2ccccc2)[SiH]N(c2ccn[n-]2)B1C.CCCCN1B(C)N(c2ccccc2)[SiH]N(c2ccn[n-]2)B1C.CCCN1B(C)N(c2ccccc2)[SiH]N(c2ccn[n-]2)B1C.[Pd].[Pd].[Pd].[Pd].[Pd]. The zero-order chi connectivity index (χ0) is 82.0. The third-order valence-corrected chi connectivity index (χ3v) is 32.6. The molecule has 651 valence electrons. The summed E-state index contributed by atoms with van der Waals surface area (Å²) in [6, 6.07) is 64.0. The average Bonchev–Trinajstić information content (AvgIpc) is 1.79. The Morgan fingerprint density at radius 3 is 0.686 bits per heavy atom. The standard InChI is InChI=1S/C17H27B2N5Si.C16H25B2N5Si.C15H23B2N5Si.2C14H21B2N5Si.5Pd/c1-4-5-6-10-15-22-18(2)23(16-11-8-7-9-12-16)25-24(19(22)3)17-13-14-20-21-17;1-4-5-9-14-21-17(2)22(15-10-7-6-8-11-15)24-23(18(21)3)16-12-13-19-20-16;1-4-5-13-20-16(2)21(14-9-7-6-8-10-14)23-22(17(20)3)15-11-12-18-19-15;1-12(2)19-15(3)20(13-8-6-5-7-9-13)22-21(16(19)4)14-10-11-17-18-14;1-4-12-19-15(2)20(13-8-6-5-7-9-13)22-21(16(19)3)14-10-11-17-18-14;;;;;/h7-9,11-14,25H,4-6,10,15H2,1-3H3;6-8,10-13,24H,4-5,9,14H2,1-3H3;6-12,23H,4-5,13H2,1-3H3;5-12,22H,1-4H3;5-11,22H,4,12H2,1-3H3;;;;;/q5*-1;;;;;. The van der Waals surface area contributed by atoms with Crippen LogP contribution in [0.1, 0.15) is 106 Å². The molecule has 5 aromatic heterocycles. The van der Waals surface area contributed by atoms with Crippen LogP contribution in [0.25, 0.3) is 0 Å². The van der Waals surface area contributed by atoms with Crippen LogP contribution in [0.5, 0.6) is 0 Å². The Labute approximate surface area is 809 Å². The molecule has 0 saturated carbocycles. The van der Waals surface area contributed by atoms with Crippen LogP contribution in [0.3, 0.4) is 0 Å². The fourth-order valence-corrected chi connectivity index (χ4v) is 24.2. The molecular formula is C76H117B10N25Pd5Si5-5. The summed E-state index contributed by atoms with van der Waals surface area (Å²) in [4.78, 5) is 0. The Kier molecular flexibility index (Phi) is 46.4. The molecule has 0 spiro atoms. The number of aromatic nitrogens is 10. The molecule has 5 aliphatic heterocycles. The van der Waals surface area contributed by atoms with E-state index in [4.69, 9.17) is 0 Å². The van der Waals surface area contributed by atoms with Crippen molar-refractivity contribution in [2.45, 2.75) is 180 Å². The zero-order valence-electron chi connectivity index (χ0n) is 73.1. The van der Waals surface area contributed by atoms with Gasteiger partial charge in [-0.3, -0.25) is 25.5 Å². The van der Waals surface area contributed by atoms with Crippen LogP contribution < -0.4 is 70.3 Å². The molecule has 5 radical (unpaired) electrons. The molecule has 0 aliphatic carbocycles. The molecule has 25 nitrogen and oxygen atoms in total. The largest absolute Gasteiger partial charge is 0.471 e. The molecule has 0 unspecified atom stereocenters. The van der Waals surface area contributed by atoms with Gasteiger partial charge in [0.15, 0.2) is 0 Å². The number of hydrogen-bond acceptors (Lipinski definition) is 20. The first-order valence-electron chi connectivity index (χ1n) is 42.3. The van der Waals surface area contributed by atoms with Gasteiger partial charge in [-0.25, -0.2) is 0 Å². The molecule has 45 heteroatoms. The molecule has 5 saturated heterocycles. The number of unbranched alkanes of at least 4 members (excludes halogenated alkanes) is 6. The Hall–Kier alpha value is -5.00. The van der Waals surface area contributed by atoms with Crippen molar-refractivity contribution in [2.24, 2.45) is 0 Å². The molecule has 5 aliphatic rings. The molecule has 5 fully saturated rings. The van der Waals surface area contributed by atoms with Gasteiger partial charge in [0.05, 0.1) is 0 Å². The number of para-hydroxylation sites is 5. The average molecular weight is 2160 g/mol. The second kappa shape index (κ2) is 53.6. The third-order valence-electron chi connectivity index (χ3n) is 23.0. The molecule has 5 aromatic carbocycles. The molecule has 0 bridgehead atoms. The first-order valence-corrected chi connectivity index (χ1v) is 47.5. The number of hydrogen-bond donors (Lipinski definition) is 0. The van der Waals surface area contributed by atoms with Crippen molar-refractivity contribution in [1.29, 1.82) is 0 Å². The van der Waals surface area contributed by atoms with Gasteiger partial charge in [-0.15, -0.1) is 0 Å². The van der Waals surface area contributed by atoms with Crippen molar-refractivity contribution >= 4 is 177 Å². The molecule has 0 N–H and O–H groups in total. The monoisotopic (exact) mass is 2160 g/mol. The van der Waals surface area contributed by atoms with E-state index in [2.05, 4.69) is 381 Å². The summed E-state index contributed by atoms with van der Waals surface area (Å²) >= 11 is 0. The van der Waals surface area contributed by atoms with Crippen molar-refractivity contribution in [1.82, 2.24) is 74.6 Å². The maximum atomic E-state index is 4.33. The first-order chi connectivity index (χ1) is 56.5. The molecule has 10 heterocycles. The Morgan fingerprint density at radius 2 is 0.455 bits per heavy atom. The Balaban J connectivity index is 0.000000232. The molecule has 10 aromatic rings. The van der Waals surface area contributed by atoms with Gasteiger partial charge >= 0.3 is 34.9 Å². The van der Waals surface area contributed by atoms with Crippen molar-refractivity contribution in [2.75, 3.05) is 70.9 Å². The molecule has 121 heavy (non-hydrogen) atoms. The maximum absolute atomic E-state index is 4.33. The van der Waals surface area contributed by atoms with Gasteiger partial charge in [0.25, 0.3) is 0 Å². The maximum Gasteiger partial charge on any atom is 0.319 e. The zero-order valence-corrected chi connectivity index (χ0v) is 86.7. The van der Waals surface area contributed by atoms with Crippen LogP contribution in [0.4, 0.5) is 57.5 Å². The summed E-state index contributed by atoms with van der Waals surface area (Å²) in [6.45, 7) is 44.6. The van der Waals surface area contributed by atoms with E-state index >= 15 is 0 Å². The van der Waals surface area contributed by atoms with E-state index in [1.807, 2.05) is 30.3 Å².